The minimum atomic E-state index is -1.34. The molecule has 1 aromatic heterocycles. The molecule has 1 rings (SSSR count). The first-order valence-electron chi connectivity index (χ1n) is 5.35. The Morgan fingerprint density at radius 3 is 2.68 bits per heavy atom. The maximum Gasteiger partial charge on any atom is 0.326 e. The van der Waals surface area contributed by atoms with Crippen LogP contribution in [0, 0.1) is 6.92 Å². The van der Waals surface area contributed by atoms with Crippen LogP contribution >= 0.6 is 11.3 Å². The van der Waals surface area contributed by atoms with Crippen molar-refractivity contribution in [2.24, 2.45) is 5.73 Å². The number of aryl methyl sites for hydroxylation is 1. The molecule has 1 aromatic rings. The fourth-order valence-corrected chi connectivity index (χ4v) is 1.96. The number of nitrogens with one attached hydrogen (secondary N) is 2. The van der Waals surface area contributed by atoms with E-state index in [1.807, 2.05) is 12.3 Å². The molecule has 0 saturated carbocycles. The highest BCUT2D eigenvalue weighted by molar-refractivity contribution is 7.09. The predicted octanol–water partition coefficient (Wildman–Crippen LogP) is -0.421. The number of aromatic nitrogens is 1. The van der Waals surface area contributed by atoms with Crippen LogP contribution in [0.5, 0.6) is 0 Å². The molecule has 0 aromatic carbocycles. The summed E-state index contributed by atoms with van der Waals surface area (Å²) in [6.07, 6.45) is -0.459. The molecule has 104 valence electrons. The van der Waals surface area contributed by atoms with E-state index in [4.69, 9.17) is 10.8 Å². The fraction of sp³-hybridized carbons (Fsp3) is 0.400. The van der Waals surface area contributed by atoms with Crippen molar-refractivity contribution in [3.05, 3.63) is 16.1 Å². The largest absolute Gasteiger partial charge is 0.480 e. The van der Waals surface area contributed by atoms with Gasteiger partial charge in [-0.05, 0) is 6.92 Å². The van der Waals surface area contributed by atoms with Crippen LogP contribution in [0.15, 0.2) is 5.38 Å². The van der Waals surface area contributed by atoms with Gasteiger partial charge in [0.05, 0.1) is 13.0 Å². The van der Waals surface area contributed by atoms with Gasteiger partial charge in [-0.1, -0.05) is 0 Å². The molecule has 0 saturated heterocycles. The lowest BCUT2D eigenvalue weighted by molar-refractivity contribution is -0.140. The van der Waals surface area contributed by atoms with E-state index in [1.165, 1.54) is 11.3 Å². The molecule has 0 spiro atoms. The smallest absolute Gasteiger partial charge is 0.326 e. The van der Waals surface area contributed by atoms with Crippen LogP contribution in [0.2, 0.25) is 0 Å². The Kier molecular flexibility index (Phi) is 5.24. The molecule has 0 radical (unpaired) electrons. The lowest BCUT2D eigenvalue weighted by Gasteiger charge is -2.13. The molecule has 0 aliphatic rings. The summed E-state index contributed by atoms with van der Waals surface area (Å²) in [7, 11) is 0. The van der Waals surface area contributed by atoms with Crippen LogP contribution in [0.3, 0.4) is 0 Å². The van der Waals surface area contributed by atoms with Gasteiger partial charge in [0, 0.05) is 11.1 Å². The van der Waals surface area contributed by atoms with Crippen molar-refractivity contribution in [2.45, 2.75) is 25.9 Å². The van der Waals surface area contributed by atoms with Crippen molar-refractivity contribution < 1.29 is 19.5 Å². The van der Waals surface area contributed by atoms with E-state index in [-0.39, 0.29) is 6.54 Å². The third-order valence-electron chi connectivity index (χ3n) is 2.08. The highest BCUT2D eigenvalue weighted by Gasteiger charge is 2.21. The van der Waals surface area contributed by atoms with Gasteiger partial charge >= 0.3 is 12.0 Å². The van der Waals surface area contributed by atoms with E-state index in [9.17, 15) is 14.4 Å². The second-order valence-electron chi connectivity index (χ2n) is 3.77. The summed E-state index contributed by atoms with van der Waals surface area (Å²) < 4.78 is 0. The number of nitrogens with zero attached hydrogens (tertiary/aromatic N) is 1. The highest BCUT2D eigenvalue weighted by atomic mass is 32.1. The van der Waals surface area contributed by atoms with Crippen molar-refractivity contribution in [1.82, 2.24) is 15.6 Å². The zero-order valence-corrected chi connectivity index (χ0v) is 11.0. The van der Waals surface area contributed by atoms with Crippen LogP contribution in [-0.4, -0.2) is 34.0 Å². The summed E-state index contributed by atoms with van der Waals surface area (Å²) >= 11 is 1.38. The molecule has 1 heterocycles. The Morgan fingerprint density at radius 1 is 1.53 bits per heavy atom. The molecule has 0 unspecified atom stereocenters. The lowest BCUT2D eigenvalue weighted by atomic mass is 10.2. The Morgan fingerprint density at radius 2 is 2.21 bits per heavy atom. The number of carbonyl (C=O) groups is 3. The van der Waals surface area contributed by atoms with Crippen LogP contribution in [0.1, 0.15) is 17.1 Å². The van der Waals surface area contributed by atoms with Crippen LogP contribution in [0.4, 0.5) is 4.79 Å². The van der Waals surface area contributed by atoms with Crippen LogP contribution in [0.25, 0.3) is 0 Å². The van der Waals surface area contributed by atoms with E-state index in [2.05, 4.69) is 15.6 Å². The van der Waals surface area contributed by atoms with Crippen molar-refractivity contribution in [1.29, 1.82) is 0 Å². The average Bonchev–Trinajstić information content (AvgIpc) is 2.71. The first kappa shape index (κ1) is 14.9. The number of carbonyl (C=O) groups excluding carboxylic acids is 2. The number of rotatable bonds is 6. The zero-order valence-electron chi connectivity index (χ0n) is 10.2. The molecule has 19 heavy (non-hydrogen) atoms. The van der Waals surface area contributed by atoms with Gasteiger partial charge in [0.25, 0.3) is 0 Å². The van der Waals surface area contributed by atoms with Crippen molar-refractivity contribution >= 4 is 29.2 Å². The van der Waals surface area contributed by atoms with Gasteiger partial charge in [-0.25, -0.2) is 14.6 Å². The number of carboxylic acids is 1. The molecule has 1 atom stereocenters. The molecule has 0 aliphatic carbocycles. The van der Waals surface area contributed by atoms with Gasteiger partial charge in [-0.15, -0.1) is 11.3 Å². The zero-order chi connectivity index (χ0) is 14.4. The van der Waals surface area contributed by atoms with Gasteiger partial charge in [0.2, 0.25) is 5.91 Å². The summed E-state index contributed by atoms with van der Waals surface area (Å²) in [5.41, 5.74) is 5.74. The summed E-state index contributed by atoms with van der Waals surface area (Å²) in [6, 6.07) is -2.03. The van der Waals surface area contributed by atoms with Crippen molar-refractivity contribution in [2.75, 3.05) is 0 Å². The van der Waals surface area contributed by atoms with Gasteiger partial charge in [-0.3, -0.25) is 4.79 Å². The Balaban J connectivity index is 2.44. The van der Waals surface area contributed by atoms with E-state index in [0.29, 0.717) is 5.01 Å². The summed E-state index contributed by atoms with van der Waals surface area (Å²) in [5, 5.41) is 15.9. The summed E-state index contributed by atoms with van der Waals surface area (Å²) in [6.45, 7) is 2.01. The number of hydrogen-bond donors (Lipinski definition) is 4. The Labute approximate surface area is 113 Å². The summed E-state index contributed by atoms with van der Waals surface area (Å²) in [4.78, 5) is 37.0. The second kappa shape index (κ2) is 6.69. The lowest BCUT2D eigenvalue weighted by Crippen LogP contribution is -2.47. The number of nitrogens with two attached hydrogens (primary N) is 1. The predicted molar refractivity (Wildman–Crippen MR) is 67.5 cm³/mol. The van der Waals surface area contributed by atoms with Gasteiger partial charge in [0.1, 0.15) is 11.0 Å². The third-order valence-corrected chi connectivity index (χ3v) is 3.04. The number of primary amides is 1. The van der Waals surface area contributed by atoms with E-state index in [0.717, 1.165) is 5.69 Å². The average molecular weight is 286 g/mol. The molecule has 3 amide bonds. The molecular weight excluding hydrogens is 272 g/mol. The minimum absolute atomic E-state index is 0.188. The molecule has 5 N–H and O–H groups in total. The van der Waals surface area contributed by atoms with Crippen LogP contribution < -0.4 is 16.4 Å². The number of carboxylic acid groups (broad SMARTS) is 1. The van der Waals surface area contributed by atoms with Crippen LogP contribution in [-0.2, 0) is 16.1 Å². The molecule has 0 fully saturated rings. The molecular formula is C10H14N4O4S. The molecule has 0 aliphatic heterocycles. The quantitative estimate of drug-likeness (QED) is 0.563. The standard InChI is InChI=1S/C10H14N4O4S/c1-5-4-19-8(13-5)3-12-10(18)14-6(9(16)17)2-7(11)15/h4,6H,2-3H2,1H3,(H2,11,15)(H,16,17)(H2,12,14,18)/t6-/m1/s1. The van der Waals surface area contributed by atoms with E-state index >= 15 is 0 Å². The van der Waals surface area contributed by atoms with E-state index in [1.54, 1.807) is 0 Å². The van der Waals surface area contributed by atoms with Crippen molar-refractivity contribution in [3.8, 4) is 0 Å². The molecule has 9 heteroatoms. The SMILES string of the molecule is Cc1csc(CNC(=O)N[C@H](CC(N)=O)C(=O)O)n1. The number of urea groups is 1. The van der Waals surface area contributed by atoms with Gasteiger partial charge in [-0.2, -0.15) is 0 Å². The Bertz CT molecular complexity index is 488. The molecule has 8 nitrogen and oxygen atoms in total. The maximum atomic E-state index is 11.5. The van der Waals surface area contributed by atoms with Gasteiger partial charge < -0.3 is 21.5 Å². The van der Waals surface area contributed by atoms with Gasteiger partial charge in [0.15, 0.2) is 0 Å². The number of hydrogen-bond acceptors (Lipinski definition) is 5. The first-order chi connectivity index (χ1) is 8.88. The maximum absolute atomic E-state index is 11.5. The topological polar surface area (TPSA) is 134 Å². The number of thiazole rings is 1. The summed E-state index contributed by atoms with van der Waals surface area (Å²) in [5.74, 6) is -2.12. The first-order valence-corrected chi connectivity index (χ1v) is 6.23. The van der Waals surface area contributed by atoms with Crippen molar-refractivity contribution in [3.63, 3.8) is 0 Å². The number of aliphatic carboxylic acids is 1. The van der Waals surface area contributed by atoms with E-state index < -0.39 is 30.4 Å². The minimum Gasteiger partial charge on any atom is -0.480 e. The monoisotopic (exact) mass is 286 g/mol. The number of amides is 3. The normalized spacial score (nSPS) is 11.6. The molecule has 0 bridgehead atoms. The second-order valence-corrected chi connectivity index (χ2v) is 4.71. The highest BCUT2D eigenvalue weighted by Crippen LogP contribution is 2.07. The third kappa shape index (κ3) is 5.34. The Hall–Kier alpha value is -2.16. The fourth-order valence-electron chi connectivity index (χ4n) is 1.25.